The van der Waals surface area contributed by atoms with Gasteiger partial charge in [-0.1, -0.05) is 48.0 Å². The monoisotopic (exact) mass is 353 g/mol. The van der Waals surface area contributed by atoms with Gasteiger partial charge in [0.05, 0.1) is 16.8 Å². The maximum absolute atomic E-state index is 13.0. The molecule has 2 heterocycles. The minimum absolute atomic E-state index is 0.193. The van der Waals surface area contributed by atoms with E-state index < -0.39 is 0 Å². The lowest BCUT2D eigenvalue weighted by molar-refractivity contribution is 0.102. The van der Waals surface area contributed by atoms with E-state index in [1.165, 1.54) is 0 Å². The van der Waals surface area contributed by atoms with E-state index in [4.69, 9.17) is 4.98 Å². The van der Waals surface area contributed by atoms with Gasteiger partial charge in [-0.3, -0.25) is 4.79 Å². The third kappa shape index (κ3) is 3.55. The molecule has 0 fully saturated rings. The number of benzene rings is 2. The first-order valence-corrected chi connectivity index (χ1v) is 8.81. The van der Waals surface area contributed by atoms with E-state index in [0.29, 0.717) is 11.4 Å². The van der Waals surface area contributed by atoms with E-state index in [9.17, 15) is 4.79 Å². The molecule has 27 heavy (non-hydrogen) atoms. The van der Waals surface area contributed by atoms with Gasteiger partial charge >= 0.3 is 0 Å². The van der Waals surface area contributed by atoms with Crippen molar-refractivity contribution in [3.63, 3.8) is 0 Å². The summed E-state index contributed by atoms with van der Waals surface area (Å²) in [6, 6.07) is 21.4. The Bertz CT molecular complexity index is 1120. The average Bonchev–Trinajstić information content (AvgIpc) is 2.69. The normalized spacial score (nSPS) is 10.7. The van der Waals surface area contributed by atoms with Gasteiger partial charge in [0.25, 0.3) is 5.91 Å². The highest BCUT2D eigenvalue weighted by atomic mass is 16.1. The van der Waals surface area contributed by atoms with E-state index >= 15 is 0 Å². The maximum atomic E-state index is 13.0. The summed E-state index contributed by atoms with van der Waals surface area (Å²) < 4.78 is 0. The quantitative estimate of drug-likeness (QED) is 0.553. The molecular formula is C23H19N3O. The highest BCUT2D eigenvalue weighted by molar-refractivity contribution is 6.12. The van der Waals surface area contributed by atoms with Gasteiger partial charge in [0.2, 0.25) is 0 Å². The fourth-order valence-corrected chi connectivity index (χ4v) is 3.01. The summed E-state index contributed by atoms with van der Waals surface area (Å²) >= 11 is 0. The largest absolute Gasteiger partial charge is 0.307 e. The van der Waals surface area contributed by atoms with Crippen LogP contribution in [0.4, 0.5) is 5.82 Å². The number of carbonyl (C=O) groups excluding carboxylic acids is 1. The summed E-state index contributed by atoms with van der Waals surface area (Å²) in [7, 11) is 0. The molecule has 0 unspecified atom stereocenters. The van der Waals surface area contributed by atoms with Crippen LogP contribution in [0.2, 0.25) is 0 Å². The minimum atomic E-state index is -0.193. The van der Waals surface area contributed by atoms with Crippen LogP contribution in [-0.4, -0.2) is 15.9 Å². The van der Waals surface area contributed by atoms with Crippen LogP contribution in [0.15, 0.2) is 72.9 Å². The van der Waals surface area contributed by atoms with Crippen LogP contribution in [0.5, 0.6) is 0 Å². The molecule has 4 nitrogen and oxygen atoms in total. The van der Waals surface area contributed by atoms with Crippen LogP contribution in [-0.2, 0) is 0 Å². The van der Waals surface area contributed by atoms with Gasteiger partial charge in [0, 0.05) is 17.1 Å². The van der Waals surface area contributed by atoms with Gasteiger partial charge in [-0.25, -0.2) is 9.97 Å². The molecule has 0 aliphatic heterocycles. The summed E-state index contributed by atoms with van der Waals surface area (Å²) in [6.07, 6.45) is 1.74. The van der Waals surface area contributed by atoms with Crippen LogP contribution >= 0.6 is 0 Å². The Morgan fingerprint density at radius 2 is 1.67 bits per heavy atom. The highest BCUT2D eigenvalue weighted by Gasteiger charge is 2.15. The Balaban J connectivity index is 1.82. The van der Waals surface area contributed by atoms with Gasteiger partial charge in [0.15, 0.2) is 0 Å². The molecule has 0 bridgehead atoms. The number of amides is 1. The Hall–Kier alpha value is -3.53. The van der Waals surface area contributed by atoms with Crippen molar-refractivity contribution in [2.75, 3.05) is 5.32 Å². The van der Waals surface area contributed by atoms with Crippen molar-refractivity contribution in [1.82, 2.24) is 9.97 Å². The SMILES string of the molecule is Cc1ccc(NC(=O)c2cc(-c3ccccc3)nc3ccc(C)cc23)nc1. The molecule has 0 atom stereocenters. The van der Waals surface area contributed by atoms with E-state index in [0.717, 1.165) is 33.3 Å². The van der Waals surface area contributed by atoms with Crippen molar-refractivity contribution in [1.29, 1.82) is 0 Å². The third-order valence-corrected chi connectivity index (χ3v) is 4.43. The second kappa shape index (κ2) is 7.00. The topological polar surface area (TPSA) is 54.9 Å². The zero-order valence-corrected chi connectivity index (χ0v) is 15.2. The Kier molecular flexibility index (Phi) is 4.38. The van der Waals surface area contributed by atoms with Crippen molar-refractivity contribution < 1.29 is 4.79 Å². The molecule has 4 heteroatoms. The molecule has 0 aliphatic carbocycles. The second-order valence-corrected chi connectivity index (χ2v) is 6.62. The lowest BCUT2D eigenvalue weighted by Gasteiger charge is -2.11. The van der Waals surface area contributed by atoms with E-state index in [1.54, 1.807) is 12.3 Å². The number of carbonyl (C=O) groups is 1. The van der Waals surface area contributed by atoms with Crippen LogP contribution in [0, 0.1) is 13.8 Å². The first-order chi connectivity index (χ1) is 13.1. The molecule has 4 rings (SSSR count). The predicted molar refractivity (Wildman–Crippen MR) is 109 cm³/mol. The van der Waals surface area contributed by atoms with Gasteiger partial charge in [-0.05, 0) is 43.7 Å². The van der Waals surface area contributed by atoms with Gasteiger partial charge < -0.3 is 5.32 Å². The molecule has 4 aromatic rings. The smallest absolute Gasteiger partial charge is 0.257 e. The molecule has 0 aliphatic rings. The number of nitrogens with one attached hydrogen (secondary N) is 1. The molecule has 0 radical (unpaired) electrons. The fourth-order valence-electron chi connectivity index (χ4n) is 3.01. The Morgan fingerprint density at radius 3 is 2.41 bits per heavy atom. The van der Waals surface area contributed by atoms with Gasteiger partial charge in [-0.15, -0.1) is 0 Å². The lowest BCUT2D eigenvalue weighted by atomic mass is 10.0. The van der Waals surface area contributed by atoms with E-state index in [1.807, 2.05) is 74.5 Å². The molecule has 1 N–H and O–H groups in total. The highest BCUT2D eigenvalue weighted by Crippen LogP contribution is 2.26. The Labute approximate surface area is 157 Å². The number of aryl methyl sites for hydroxylation is 2. The number of rotatable bonds is 3. The molecule has 132 valence electrons. The molecular weight excluding hydrogens is 334 g/mol. The van der Waals surface area contributed by atoms with Gasteiger partial charge in [0.1, 0.15) is 5.82 Å². The van der Waals surface area contributed by atoms with Crippen LogP contribution < -0.4 is 5.32 Å². The molecule has 1 amide bonds. The minimum Gasteiger partial charge on any atom is -0.307 e. The van der Waals surface area contributed by atoms with Crippen molar-refractivity contribution in [2.24, 2.45) is 0 Å². The number of aromatic nitrogens is 2. The standard InChI is InChI=1S/C23H19N3O/c1-15-8-10-20-18(12-15)19(13-21(25-20)17-6-4-3-5-7-17)23(27)26-22-11-9-16(2)14-24-22/h3-14H,1-2H3,(H,24,26,27). The number of fused-ring (bicyclic) bond motifs is 1. The molecule has 2 aromatic heterocycles. The third-order valence-electron chi connectivity index (χ3n) is 4.43. The molecule has 0 saturated heterocycles. The van der Waals surface area contributed by atoms with Crippen LogP contribution in [0.1, 0.15) is 21.5 Å². The van der Waals surface area contributed by atoms with Crippen molar-refractivity contribution in [3.8, 4) is 11.3 Å². The lowest BCUT2D eigenvalue weighted by Crippen LogP contribution is -2.14. The second-order valence-electron chi connectivity index (χ2n) is 6.62. The number of pyridine rings is 2. The van der Waals surface area contributed by atoms with E-state index in [2.05, 4.69) is 10.3 Å². The van der Waals surface area contributed by atoms with Gasteiger partial charge in [-0.2, -0.15) is 0 Å². The average molecular weight is 353 g/mol. The molecule has 0 saturated carbocycles. The zero-order chi connectivity index (χ0) is 18.8. The first-order valence-electron chi connectivity index (χ1n) is 8.81. The van der Waals surface area contributed by atoms with Crippen molar-refractivity contribution >= 4 is 22.6 Å². The Morgan fingerprint density at radius 1 is 0.889 bits per heavy atom. The zero-order valence-electron chi connectivity index (χ0n) is 15.2. The summed E-state index contributed by atoms with van der Waals surface area (Å²) in [4.78, 5) is 22.1. The summed E-state index contributed by atoms with van der Waals surface area (Å²) in [5, 5.41) is 3.73. The number of nitrogens with zero attached hydrogens (tertiary/aromatic N) is 2. The predicted octanol–water partition coefficient (Wildman–Crippen LogP) is 5.17. The summed E-state index contributed by atoms with van der Waals surface area (Å²) in [6.45, 7) is 3.97. The molecule has 0 spiro atoms. The fraction of sp³-hybridized carbons (Fsp3) is 0.0870. The first kappa shape index (κ1) is 16.9. The van der Waals surface area contributed by atoms with Crippen molar-refractivity contribution in [2.45, 2.75) is 13.8 Å². The summed E-state index contributed by atoms with van der Waals surface area (Å²) in [5.74, 6) is 0.339. The van der Waals surface area contributed by atoms with Crippen LogP contribution in [0.3, 0.4) is 0 Å². The number of hydrogen-bond acceptors (Lipinski definition) is 3. The summed E-state index contributed by atoms with van der Waals surface area (Å²) in [5.41, 5.74) is 5.26. The molecule has 2 aromatic carbocycles. The number of anilines is 1. The maximum Gasteiger partial charge on any atom is 0.257 e. The van der Waals surface area contributed by atoms with Crippen LogP contribution in [0.25, 0.3) is 22.2 Å². The van der Waals surface area contributed by atoms with Crippen molar-refractivity contribution in [3.05, 3.63) is 89.6 Å². The van der Waals surface area contributed by atoms with E-state index in [-0.39, 0.29) is 5.91 Å². The number of hydrogen-bond donors (Lipinski definition) is 1.